The van der Waals surface area contributed by atoms with Crippen molar-refractivity contribution in [2.24, 2.45) is 0 Å². The van der Waals surface area contributed by atoms with Gasteiger partial charge in [0, 0.05) is 19.1 Å². The normalized spacial score (nSPS) is 26.3. The first-order valence-corrected chi connectivity index (χ1v) is 12.9. The van der Waals surface area contributed by atoms with Crippen LogP contribution in [0, 0.1) is 0 Å². The van der Waals surface area contributed by atoms with Crippen molar-refractivity contribution in [1.82, 2.24) is 14.7 Å². The number of amides is 2. The minimum atomic E-state index is -0.545. The van der Waals surface area contributed by atoms with Gasteiger partial charge in [-0.05, 0) is 83.7 Å². The minimum absolute atomic E-state index is 0.0200. The topological polar surface area (TPSA) is 53.1 Å². The van der Waals surface area contributed by atoms with E-state index >= 15 is 0 Å². The third-order valence-electron chi connectivity index (χ3n) is 7.03. The van der Waals surface area contributed by atoms with Crippen molar-refractivity contribution in [3.63, 3.8) is 0 Å². The van der Waals surface area contributed by atoms with E-state index in [0.717, 1.165) is 37.9 Å². The maximum atomic E-state index is 13.6. The summed E-state index contributed by atoms with van der Waals surface area (Å²) in [5, 5.41) is 0.947. The van der Waals surface area contributed by atoms with Crippen molar-refractivity contribution >= 4 is 35.2 Å². The molecule has 0 aromatic heterocycles. The second-order valence-electron chi connectivity index (χ2n) is 10.5. The molecular weight excluding hydrogens is 461 g/mol. The van der Waals surface area contributed by atoms with Gasteiger partial charge in [-0.1, -0.05) is 29.3 Å². The fraction of sp³-hybridized carbons (Fsp3) is 0.680. The Bertz CT molecular complexity index is 882. The van der Waals surface area contributed by atoms with Crippen molar-refractivity contribution in [3.05, 3.63) is 33.8 Å². The fourth-order valence-electron chi connectivity index (χ4n) is 5.66. The number of carbonyl (C=O) groups excluding carboxylic acids is 2. The Morgan fingerprint density at radius 2 is 1.61 bits per heavy atom. The molecule has 2 amide bonds. The molecule has 6 nitrogen and oxygen atoms in total. The van der Waals surface area contributed by atoms with Gasteiger partial charge in [0.05, 0.1) is 28.5 Å². The number of piperazine rings is 1. The molecule has 4 rings (SSSR count). The van der Waals surface area contributed by atoms with E-state index in [9.17, 15) is 9.59 Å². The molecular formula is C25H35Cl2N3O3. The van der Waals surface area contributed by atoms with E-state index in [0.29, 0.717) is 23.1 Å². The van der Waals surface area contributed by atoms with Gasteiger partial charge in [0.1, 0.15) is 5.60 Å². The van der Waals surface area contributed by atoms with Crippen LogP contribution in [0.4, 0.5) is 4.79 Å². The van der Waals surface area contributed by atoms with Gasteiger partial charge in [0.15, 0.2) is 0 Å². The molecule has 182 valence electrons. The van der Waals surface area contributed by atoms with E-state index in [1.807, 2.05) is 36.6 Å². The number of benzene rings is 1. The van der Waals surface area contributed by atoms with Crippen LogP contribution in [-0.2, 0) is 16.0 Å². The first-order valence-electron chi connectivity index (χ1n) is 12.1. The van der Waals surface area contributed by atoms with E-state index in [1.165, 1.54) is 12.8 Å². The monoisotopic (exact) mass is 495 g/mol. The average molecular weight is 496 g/mol. The largest absolute Gasteiger partial charge is 0.444 e. The number of likely N-dealkylation sites (tertiary alicyclic amines) is 1. The predicted octanol–water partition coefficient (Wildman–Crippen LogP) is 5.00. The number of rotatable bonds is 3. The molecule has 0 bridgehead atoms. The summed E-state index contributed by atoms with van der Waals surface area (Å²) in [6.07, 6.45) is 5.40. The zero-order valence-corrected chi connectivity index (χ0v) is 21.4. The third kappa shape index (κ3) is 5.60. The first kappa shape index (κ1) is 24.6. The van der Waals surface area contributed by atoms with Crippen molar-refractivity contribution in [1.29, 1.82) is 0 Å². The zero-order chi connectivity index (χ0) is 23.8. The van der Waals surface area contributed by atoms with Crippen LogP contribution in [-0.4, -0.2) is 76.6 Å². The predicted molar refractivity (Wildman–Crippen MR) is 131 cm³/mol. The van der Waals surface area contributed by atoms with Gasteiger partial charge >= 0.3 is 6.09 Å². The average Bonchev–Trinajstić information content (AvgIpc) is 3.28. The number of halogens is 2. The summed E-state index contributed by atoms with van der Waals surface area (Å²) >= 11 is 12.2. The molecule has 2 aliphatic heterocycles. The van der Waals surface area contributed by atoms with Gasteiger partial charge in [0.25, 0.3) is 0 Å². The van der Waals surface area contributed by atoms with Gasteiger partial charge in [0.2, 0.25) is 5.91 Å². The van der Waals surface area contributed by atoms with Crippen LogP contribution in [0.5, 0.6) is 0 Å². The smallest absolute Gasteiger partial charge is 0.410 e. The molecule has 1 aliphatic carbocycles. The number of hydrogen-bond donors (Lipinski definition) is 0. The van der Waals surface area contributed by atoms with Crippen LogP contribution in [0.15, 0.2) is 18.2 Å². The van der Waals surface area contributed by atoms with Gasteiger partial charge in [-0.3, -0.25) is 9.69 Å². The summed E-state index contributed by atoms with van der Waals surface area (Å²) < 4.78 is 5.75. The number of ether oxygens (including phenoxy) is 1. The summed E-state index contributed by atoms with van der Waals surface area (Å²) in [4.78, 5) is 33.1. The summed E-state index contributed by atoms with van der Waals surface area (Å²) in [6.45, 7) is 8.83. The molecule has 0 spiro atoms. The lowest BCUT2D eigenvalue weighted by Gasteiger charge is -2.54. The highest BCUT2D eigenvalue weighted by molar-refractivity contribution is 6.42. The molecule has 33 heavy (non-hydrogen) atoms. The minimum Gasteiger partial charge on any atom is -0.444 e. The van der Waals surface area contributed by atoms with E-state index in [-0.39, 0.29) is 36.5 Å². The maximum Gasteiger partial charge on any atom is 0.410 e. The lowest BCUT2D eigenvalue weighted by atomic mass is 9.81. The zero-order valence-electron chi connectivity index (χ0n) is 19.9. The molecule has 3 fully saturated rings. The molecule has 8 heteroatoms. The molecule has 1 saturated carbocycles. The SMILES string of the molecule is CC(C)(C)OC(=O)N1CCN(C(=O)Cc2ccc(Cl)c(Cl)c2)[C@@H]2[C@H]1CCC[C@@H]2N1CCCC1. The van der Waals surface area contributed by atoms with Gasteiger partial charge in [-0.25, -0.2) is 4.79 Å². The van der Waals surface area contributed by atoms with Crippen LogP contribution >= 0.6 is 23.2 Å². The lowest BCUT2D eigenvalue weighted by molar-refractivity contribution is -0.142. The van der Waals surface area contributed by atoms with Crippen molar-refractivity contribution in [3.8, 4) is 0 Å². The molecule has 0 radical (unpaired) electrons. The van der Waals surface area contributed by atoms with Crippen molar-refractivity contribution in [2.75, 3.05) is 26.2 Å². The third-order valence-corrected chi connectivity index (χ3v) is 7.77. The number of fused-ring (bicyclic) bond motifs is 1. The Balaban J connectivity index is 1.59. The van der Waals surface area contributed by atoms with E-state index < -0.39 is 5.60 Å². The molecule has 3 aliphatic rings. The van der Waals surface area contributed by atoms with Crippen LogP contribution in [0.2, 0.25) is 10.0 Å². The first-order chi connectivity index (χ1) is 15.6. The van der Waals surface area contributed by atoms with Crippen LogP contribution in [0.3, 0.4) is 0 Å². The Morgan fingerprint density at radius 3 is 2.27 bits per heavy atom. The number of hydrogen-bond acceptors (Lipinski definition) is 4. The van der Waals surface area contributed by atoms with Crippen LogP contribution < -0.4 is 0 Å². The highest BCUT2D eigenvalue weighted by Crippen LogP contribution is 2.36. The Hall–Kier alpha value is -1.50. The fourth-order valence-corrected chi connectivity index (χ4v) is 5.98. The molecule has 3 atom stereocenters. The van der Waals surface area contributed by atoms with Crippen LogP contribution in [0.1, 0.15) is 58.4 Å². The Kier molecular flexibility index (Phi) is 7.47. The summed E-state index contributed by atoms with van der Waals surface area (Å²) in [5.74, 6) is 0.0818. The Morgan fingerprint density at radius 1 is 0.939 bits per heavy atom. The van der Waals surface area contributed by atoms with Gasteiger partial charge < -0.3 is 14.5 Å². The molecule has 2 saturated heterocycles. The Labute approximate surface area is 207 Å². The number of nitrogens with zero attached hydrogens (tertiary/aromatic N) is 3. The summed E-state index contributed by atoms with van der Waals surface area (Å²) in [5.41, 5.74) is 0.310. The molecule has 0 N–H and O–H groups in total. The lowest BCUT2D eigenvalue weighted by Crippen LogP contribution is -2.69. The summed E-state index contributed by atoms with van der Waals surface area (Å²) in [7, 11) is 0. The second kappa shape index (κ2) is 10.0. The summed E-state index contributed by atoms with van der Waals surface area (Å²) in [6, 6.07) is 5.60. The van der Waals surface area contributed by atoms with Crippen LogP contribution in [0.25, 0.3) is 0 Å². The van der Waals surface area contributed by atoms with Gasteiger partial charge in [-0.15, -0.1) is 0 Å². The molecule has 0 unspecified atom stereocenters. The van der Waals surface area contributed by atoms with E-state index in [1.54, 1.807) is 12.1 Å². The van der Waals surface area contributed by atoms with E-state index in [2.05, 4.69) is 4.90 Å². The van der Waals surface area contributed by atoms with Crippen molar-refractivity contribution < 1.29 is 14.3 Å². The number of carbonyl (C=O) groups is 2. The quantitative estimate of drug-likeness (QED) is 0.591. The maximum absolute atomic E-state index is 13.6. The second-order valence-corrected chi connectivity index (χ2v) is 11.3. The highest BCUT2D eigenvalue weighted by atomic mass is 35.5. The van der Waals surface area contributed by atoms with Crippen molar-refractivity contribution in [2.45, 2.75) is 83.0 Å². The molecule has 1 aromatic rings. The van der Waals surface area contributed by atoms with Gasteiger partial charge in [-0.2, -0.15) is 0 Å². The molecule has 2 heterocycles. The molecule has 1 aromatic carbocycles. The van der Waals surface area contributed by atoms with E-state index in [4.69, 9.17) is 27.9 Å². The highest BCUT2D eigenvalue weighted by Gasteiger charge is 2.49. The standard InChI is InChI=1S/C25H35Cl2N3O3/c1-25(2,3)33-24(32)29-13-14-30(22(31)16-17-9-10-18(26)19(27)15-17)23-20(7-6-8-21(23)29)28-11-4-5-12-28/h9-10,15,20-21,23H,4-8,11-14,16H2,1-3H3/t20-,21+,23-/m0/s1.